The van der Waals surface area contributed by atoms with Crippen molar-refractivity contribution in [2.24, 2.45) is 11.8 Å². The number of esters is 1. The lowest BCUT2D eigenvalue weighted by Gasteiger charge is -2.19. The van der Waals surface area contributed by atoms with Crippen molar-refractivity contribution < 1.29 is 9.53 Å². The SMILES string of the molecule is C=C(C)C(=O)OCCCC(C)C(C)CCCC. The van der Waals surface area contributed by atoms with Crippen LogP contribution >= 0.6 is 0 Å². The molecule has 100 valence electrons. The molecule has 0 aromatic heterocycles. The number of carbonyl (C=O) groups is 1. The molecule has 0 aliphatic carbocycles. The number of rotatable bonds is 9. The number of carbonyl (C=O) groups excluding carboxylic acids is 1. The molecule has 0 N–H and O–H groups in total. The Labute approximate surface area is 106 Å². The molecule has 0 amide bonds. The van der Waals surface area contributed by atoms with Gasteiger partial charge < -0.3 is 4.74 Å². The van der Waals surface area contributed by atoms with E-state index < -0.39 is 0 Å². The standard InChI is InChI=1S/C15H28O2/c1-6-7-9-13(4)14(5)10-8-11-17-15(16)12(2)3/h13-14H,2,6-11H2,1,3-5H3. The van der Waals surface area contributed by atoms with E-state index in [1.807, 2.05) is 0 Å². The molecule has 0 aromatic rings. The molecular formula is C15H28O2. The summed E-state index contributed by atoms with van der Waals surface area (Å²) in [5.74, 6) is 1.22. The quantitative estimate of drug-likeness (QED) is 0.340. The highest BCUT2D eigenvalue weighted by atomic mass is 16.5. The van der Waals surface area contributed by atoms with Crippen molar-refractivity contribution in [3.63, 3.8) is 0 Å². The van der Waals surface area contributed by atoms with Crippen LogP contribution in [0.5, 0.6) is 0 Å². The fourth-order valence-corrected chi connectivity index (χ4v) is 1.79. The molecular weight excluding hydrogens is 212 g/mol. The van der Waals surface area contributed by atoms with Crippen LogP contribution in [0.25, 0.3) is 0 Å². The maximum absolute atomic E-state index is 11.1. The maximum atomic E-state index is 11.1. The average Bonchev–Trinajstić information content (AvgIpc) is 2.30. The zero-order valence-electron chi connectivity index (χ0n) is 11.9. The van der Waals surface area contributed by atoms with Crippen LogP contribution < -0.4 is 0 Å². The summed E-state index contributed by atoms with van der Waals surface area (Å²) in [4.78, 5) is 11.1. The fraction of sp³-hybridized carbons (Fsp3) is 0.800. The lowest BCUT2D eigenvalue weighted by molar-refractivity contribution is -0.139. The summed E-state index contributed by atoms with van der Waals surface area (Å²) >= 11 is 0. The fourth-order valence-electron chi connectivity index (χ4n) is 1.79. The van der Waals surface area contributed by atoms with Crippen LogP contribution in [0.2, 0.25) is 0 Å². The van der Waals surface area contributed by atoms with Crippen LogP contribution in [-0.4, -0.2) is 12.6 Å². The van der Waals surface area contributed by atoms with E-state index >= 15 is 0 Å². The third-order valence-corrected chi connectivity index (χ3v) is 3.37. The minimum absolute atomic E-state index is 0.267. The molecule has 2 atom stereocenters. The van der Waals surface area contributed by atoms with Crippen molar-refractivity contribution in [2.45, 2.75) is 59.8 Å². The first-order valence-corrected chi connectivity index (χ1v) is 6.81. The molecule has 0 aromatic carbocycles. The predicted molar refractivity (Wildman–Crippen MR) is 72.9 cm³/mol. The second-order valence-electron chi connectivity index (χ2n) is 5.16. The molecule has 2 unspecified atom stereocenters. The van der Waals surface area contributed by atoms with Crippen molar-refractivity contribution in [3.8, 4) is 0 Å². The van der Waals surface area contributed by atoms with E-state index in [4.69, 9.17) is 4.74 Å². The number of hydrogen-bond donors (Lipinski definition) is 0. The van der Waals surface area contributed by atoms with Crippen LogP contribution in [-0.2, 0) is 9.53 Å². The molecule has 2 heteroatoms. The largest absolute Gasteiger partial charge is 0.462 e. The van der Waals surface area contributed by atoms with Crippen molar-refractivity contribution in [3.05, 3.63) is 12.2 Å². The first kappa shape index (κ1) is 16.2. The summed E-state index contributed by atoms with van der Waals surface area (Å²) in [5.41, 5.74) is 0.481. The molecule has 0 rings (SSSR count). The first-order chi connectivity index (χ1) is 7.99. The van der Waals surface area contributed by atoms with Gasteiger partial charge in [-0.05, 0) is 31.6 Å². The summed E-state index contributed by atoms with van der Waals surface area (Å²) in [7, 11) is 0. The summed E-state index contributed by atoms with van der Waals surface area (Å²) in [6.45, 7) is 12.6. The minimum Gasteiger partial charge on any atom is -0.462 e. The Morgan fingerprint density at radius 3 is 2.18 bits per heavy atom. The van der Waals surface area contributed by atoms with Gasteiger partial charge in [0.15, 0.2) is 0 Å². The van der Waals surface area contributed by atoms with Gasteiger partial charge >= 0.3 is 5.97 Å². The van der Waals surface area contributed by atoms with E-state index in [9.17, 15) is 4.79 Å². The number of unbranched alkanes of at least 4 members (excludes halogenated alkanes) is 1. The van der Waals surface area contributed by atoms with Gasteiger partial charge in [-0.25, -0.2) is 4.79 Å². The highest BCUT2D eigenvalue weighted by molar-refractivity contribution is 5.86. The Morgan fingerprint density at radius 1 is 1.18 bits per heavy atom. The molecule has 0 spiro atoms. The zero-order valence-corrected chi connectivity index (χ0v) is 11.9. The number of hydrogen-bond acceptors (Lipinski definition) is 2. The smallest absolute Gasteiger partial charge is 0.333 e. The predicted octanol–water partition coefficient (Wildman–Crippen LogP) is 4.35. The monoisotopic (exact) mass is 240 g/mol. The molecule has 2 nitrogen and oxygen atoms in total. The first-order valence-electron chi connectivity index (χ1n) is 6.81. The van der Waals surface area contributed by atoms with Crippen molar-refractivity contribution >= 4 is 5.97 Å². The Morgan fingerprint density at radius 2 is 1.71 bits per heavy atom. The third-order valence-electron chi connectivity index (χ3n) is 3.37. The summed E-state index contributed by atoms with van der Waals surface area (Å²) in [6.07, 6.45) is 5.98. The Balaban J connectivity index is 3.60. The highest BCUT2D eigenvalue weighted by Gasteiger charge is 2.11. The average molecular weight is 240 g/mol. The second-order valence-corrected chi connectivity index (χ2v) is 5.16. The topological polar surface area (TPSA) is 26.3 Å². The van der Waals surface area contributed by atoms with E-state index in [-0.39, 0.29) is 5.97 Å². The van der Waals surface area contributed by atoms with Gasteiger partial charge in [0.25, 0.3) is 0 Å². The molecule has 0 saturated heterocycles. The van der Waals surface area contributed by atoms with Crippen LogP contribution in [0.15, 0.2) is 12.2 Å². The highest BCUT2D eigenvalue weighted by Crippen LogP contribution is 2.22. The molecule has 0 bridgehead atoms. The second kappa shape index (κ2) is 9.26. The van der Waals surface area contributed by atoms with Gasteiger partial charge in [0.2, 0.25) is 0 Å². The van der Waals surface area contributed by atoms with Crippen LogP contribution in [0.4, 0.5) is 0 Å². The van der Waals surface area contributed by atoms with Crippen molar-refractivity contribution in [1.29, 1.82) is 0 Å². The van der Waals surface area contributed by atoms with Gasteiger partial charge in [0.05, 0.1) is 6.61 Å². The van der Waals surface area contributed by atoms with Crippen LogP contribution in [0.3, 0.4) is 0 Å². The summed E-state index contributed by atoms with van der Waals surface area (Å²) < 4.78 is 5.08. The normalized spacial score (nSPS) is 14.1. The van der Waals surface area contributed by atoms with E-state index in [0.29, 0.717) is 18.1 Å². The van der Waals surface area contributed by atoms with Crippen LogP contribution in [0.1, 0.15) is 59.8 Å². The molecule has 0 aliphatic rings. The van der Waals surface area contributed by atoms with E-state index in [1.165, 1.54) is 19.3 Å². The van der Waals surface area contributed by atoms with Crippen LogP contribution in [0, 0.1) is 11.8 Å². The van der Waals surface area contributed by atoms with Gasteiger partial charge in [-0.2, -0.15) is 0 Å². The van der Waals surface area contributed by atoms with Crippen molar-refractivity contribution in [1.82, 2.24) is 0 Å². The van der Waals surface area contributed by atoms with E-state index in [2.05, 4.69) is 27.4 Å². The molecule has 17 heavy (non-hydrogen) atoms. The lowest BCUT2D eigenvalue weighted by atomic mass is 9.88. The Hall–Kier alpha value is -0.790. The van der Waals surface area contributed by atoms with Gasteiger partial charge in [-0.15, -0.1) is 0 Å². The van der Waals surface area contributed by atoms with Gasteiger partial charge in [0, 0.05) is 5.57 Å². The minimum atomic E-state index is -0.267. The molecule has 0 heterocycles. The summed E-state index contributed by atoms with van der Waals surface area (Å²) in [6, 6.07) is 0. The van der Waals surface area contributed by atoms with Gasteiger partial charge in [-0.3, -0.25) is 0 Å². The molecule has 0 radical (unpaired) electrons. The zero-order chi connectivity index (χ0) is 13.3. The molecule has 0 fully saturated rings. The van der Waals surface area contributed by atoms with E-state index in [0.717, 1.165) is 18.8 Å². The molecule has 0 saturated carbocycles. The summed E-state index contributed by atoms with van der Waals surface area (Å²) in [5, 5.41) is 0. The maximum Gasteiger partial charge on any atom is 0.333 e. The Kier molecular flexibility index (Phi) is 8.83. The Bertz CT molecular complexity index is 233. The number of ether oxygens (including phenoxy) is 1. The van der Waals surface area contributed by atoms with Gasteiger partial charge in [-0.1, -0.05) is 46.6 Å². The van der Waals surface area contributed by atoms with Gasteiger partial charge in [0.1, 0.15) is 0 Å². The van der Waals surface area contributed by atoms with E-state index in [1.54, 1.807) is 6.92 Å². The van der Waals surface area contributed by atoms with Crippen molar-refractivity contribution in [2.75, 3.05) is 6.61 Å². The molecule has 0 aliphatic heterocycles. The third kappa shape index (κ3) is 8.00. The lowest BCUT2D eigenvalue weighted by Crippen LogP contribution is -2.11.